The van der Waals surface area contributed by atoms with Crippen molar-refractivity contribution in [2.45, 2.75) is 20.4 Å². The number of rotatable bonds is 3. The average Bonchev–Trinajstić information content (AvgIpc) is 3.18. The lowest BCUT2D eigenvalue weighted by molar-refractivity contribution is -0.438. The van der Waals surface area contributed by atoms with Crippen LogP contribution < -0.4 is 19.8 Å². The Balaban J connectivity index is 1.53. The largest absolute Gasteiger partial charge is 0.454 e. The molecule has 6 heteroatoms. The SMILES string of the molecule is Cc1ccc(NC2=[NH+]CC(=O)N2Cc2ccc3c(c2)OCO3)c(C)c1. The normalized spacial score (nSPS) is 15.5. The first-order valence-corrected chi connectivity index (χ1v) is 8.24. The van der Waals surface area contributed by atoms with Crippen LogP contribution in [-0.4, -0.2) is 30.1 Å². The molecule has 128 valence electrons. The van der Waals surface area contributed by atoms with E-state index < -0.39 is 0 Å². The minimum absolute atomic E-state index is 0.0323. The lowest BCUT2D eigenvalue weighted by Crippen LogP contribution is -2.72. The number of fused-ring (bicyclic) bond motifs is 1. The molecule has 2 N–H and O–H groups in total. The van der Waals surface area contributed by atoms with E-state index in [9.17, 15) is 4.79 Å². The summed E-state index contributed by atoms with van der Waals surface area (Å²) in [5.74, 6) is 2.20. The second-order valence-corrected chi connectivity index (χ2v) is 6.31. The zero-order valence-electron chi connectivity index (χ0n) is 14.3. The maximum absolute atomic E-state index is 12.3. The van der Waals surface area contributed by atoms with Crippen molar-refractivity contribution in [1.82, 2.24) is 4.90 Å². The number of hydrogen-bond donors (Lipinski definition) is 2. The summed E-state index contributed by atoms with van der Waals surface area (Å²) in [5, 5.41) is 3.34. The van der Waals surface area contributed by atoms with Crippen LogP contribution in [-0.2, 0) is 11.3 Å². The van der Waals surface area contributed by atoms with Gasteiger partial charge in [-0.2, -0.15) is 4.90 Å². The smallest absolute Gasteiger partial charge is 0.358 e. The number of anilines is 1. The van der Waals surface area contributed by atoms with Crippen molar-refractivity contribution in [3.63, 3.8) is 0 Å². The van der Waals surface area contributed by atoms with E-state index in [4.69, 9.17) is 9.47 Å². The molecule has 0 bridgehead atoms. The van der Waals surface area contributed by atoms with Crippen molar-refractivity contribution in [2.24, 2.45) is 0 Å². The molecule has 0 aliphatic carbocycles. The predicted octanol–water partition coefficient (Wildman–Crippen LogP) is 0.923. The molecule has 2 heterocycles. The Morgan fingerprint density at radius 1 is 1.12 bits per heavy atom. The highest BCUT2D eigenvalue weighted by Gasteiger charge is 2.33. The fraction of sp³-hybridized carbons (Fsp3) is 0.263. The first-order valence-electron chi connectivity index (χ1n) is 8.24. The summed E-state index contributed by atoms with van der Waals surface area (Å²) in [5.41, 5.74) is 4.32. The van der Waals surface area contributed by atoms with Crippen molar-refractivity contribution >= 4 is 17.6 Å². The van der Waals surface area contributed by atoms with Crippen LogP contribution in [0.4, 0.5) is 5.69 Å². The molecule has 4 rings (SSSR count). The third kappa shape index (κ3) is 3.03. The van der Waals surface area contributed by atoms with Crippen molar-refractivity contribution < 1.29 is 19.3 Å². The van der Waals surface area contributed by atoms with Crippen molar-refractivity contribution in [3.05, 3.63) is 53.1 Å². The number of guanidine groups is 1. The van der Waals surface area contributed by atoms with Gasteiger partial charge in [-0.15, -0.1) is 0 Å². The molecular formula is C19H20N3O3+. The minimum atomic E-state index is 0.0323. The van der Waals surface area contributed by atoms with Gasteiger partial charge in [-0.05, 0) is 43.2 Å². The Kier molecular flexibility index (Phi) is 3.80. The molecular weight excluding hydrogens is 318 g/mol. The van der Waals surface area contributed by atoms with E-state index >= 15 is 0 Å². The van der Waals surface area contributed by atoms with Crippen molar-refractivity contribution in [1.29, 1.82) is 0 Å². The number of aryl methyl sites for hydroxylation is 2. The molecule has 6 nitrogen and oxygen atoms in total. The Labute approximate surface area is 146 Å². The number of hydrogen-bond acceptors (Lipinski definition) is 4. The third-order valence-electron chi connectivity index (χ3n) is 4.39. The number of ether oxygens (including phenoxy) is 2. The van der Waals surface area contributed by atoms with Crippen molar-refractivity contribution in [2.75, 3.05) is 18.7 Å². The monoisotopic (exact) mass is 338 g/mol. The van der Waals surface area contributed by atoms with Gasteiger partial charge in [0.05, 0.1) is 0 Å². The van der Waals surface area contributed by atoms with Gasteiger partial charge in [0.15, 0.2) is 18.0 Å². The Hall–Kier alpha value is -3.02. The quantitative estimate of drug-likeness (QED) is 0.874. The summed E-state index contributed by atoms with van der Waals surface area (Å²) in [4.78, 5) is 17.2. The van der Waals surface area contributed by atoms with Crippen LogP contribution in [0, 0.1) is 13.8 Å². The van der Waals surface area contributed by atoms with Crippen LogP contribution in [0.2, 0.25) is 0 Å². The van der Waals surface area contributed by atoms with Gasteiger partial charge in [-0.3, -0.25) is 9.79 Å². The molecule has 2 aromatic rings. The third-order valence-corrected chi connectivity index (χ3v) is 4.39. The number of benzene rings is 2. The molecule has 0 unspecified atom stereocenters. The van der Waals surface area contributed by atoms with E-state index in [1.165, 1.54) is 5.56 Å². The first-order chi connectivity index (χ1) is 12.1. The van der Waals surface area contributed by atoms with Crippen LogP contribution in [0.1, 0.15) is 16.7 Å². The zero-order valence-corrected chi connectivity index (χ0v) is 14.3. The van der Waals surface area contributed by atoms with Gasteiger partial charge in [0, 0.05) is 0 Å². The van der Waals surface area contributed by atoms with E-state index in [-0.39, 0.29) is 19.2 Å². The molecule has 0 saturated heterocycles. The molecule has 1 amide bonds. The lowest BCUT2D eigenvalue weighted by atomic mass is 10.1. The highest BCUT2D eigenvalue weighted by atomic mass is 16.7. The van der Waals surface area contributed by atoms with Gasteiger partial charge in [0.1, 0.15) is 12.2 Å². The highest BCUT2D eigenvalue weighted by Crippen LogP contribution is 2.32. The standard InChI is InChI=1S/C19H19N3O3/c1-12-3-5-15(13(2)7-12)21-19-20-9-18(23)22(19)10-14-4-6-16-17(8-14)25-11-24-16/h3-8H,9-11H2,1-2H3,(H,20,21)/p+1. The number of carbonyl (C=O) groups excluding carboxylic acids is 1. The topological polar surface area (TPSA) is 64.8 Å². The maximum atomic E-state index is 12.3. The lowest BCUT2D eigenvalue weighted by Gasteiger charge is -2.14. The molecule has 25 heavy (non-hydrogen) atoms. The Morgan fingerprint density at radius 2 is 1.96 bits per heavy atom. The van der Waals surface area contributed by atoms with E-state index in [2.05, 4.69) is 36.3 Å². The van der Waals surface area contributed by atoms with E-state index in [1.807, 2.05) is 24.3 Å². The summed E-state index contributed by atoms with van der Waals surface area (Å²) in [6.07, 6.45) is 0. The summed E-state index contributed by atoms with van der Waals surface area (Å²) >= 11 is 0. The van der Waals surface area contributed by atoms with E-state index in [0.29, 0.717) is 12.5 Å². The number of nitrogens with one attached hydrogen (secondary N) is 2. The number of nitrogens with zero attached hydrogens (tertiary/aromatic N) is 1. The minimum Gasteiger partial charge on any atom is -0.454 e. The summed E-state index contributed by atoms with van der Waals surface area (Å²) in [6, 6.07) is 11.9. The average molecular weight is 338 g/mol. The summed E-state index contributed by atoms with van der Waals surface area (Å²) < 4.78 is 10.8. The van der Waals surface area contributed by atoms with Gasteiger partial charge in [0.25, 0.3) is 0 Å². The molecule has 2 aliphatic heterocycles. The Bertz CT molecular complexity index is 876. The van der Waals surface area contributed by atoms with Crippen LogP contribution in [0.25, 0.3) is 0 Å². The van der Waals surface area contributed by atoms with Gasteiger partial charge < -0.3 is 9.47 Å². The van der Waals surface area contributed by atoms with Crippen molar-refractivity contribution in [3.8, 4) is 11.5 Å². The molecule has 0 atom stereocenters. The number of carbonyl (C=O) groups is 1. The van der Waals surface area contributed by atoms with Crippen LogP contribution in [0.15, 0.2) is 36.4 Å². The summed E-state index contributed by atoms with van der Waals surface area (Å²) in [6.45, 7) is 5.12. The molecule has 0 radical (unpaired) electrons. The zero-order chi connectivity index (χ0) is 17.4. The first kappa shape index (κ1) is 15.5. The molecule has 0 saturated carbocycles. The second kappa shape index (κ2) is 6.12. The fourth-order valence-electron chi connectivity index (χ4n) is 3.06. The maximum Gasteiger partial charge on any atom is 0.358 e. The molecule has 2 aliphatic rings. The Morgan fingerprint density at radius 3 is 2.80 bits per heavy atom. The van der Waals surface area contributed by atoms with Gasteiger partial charge >= 0.3 is 11.9 Å². The fourth-order valence-corrected chi connectivity index (χ4v) is 3.06. The van der Waals surface area contributed by atoms with E-state index in [0.717, 1.165) is 28.3 Å². The predicted molar refractivity (Wildman–Crippen MR) is 93.5 cm³/mol. The summed E-state index contributed by atoms with van der Waals surface area (Å²) in [7, 11) is 0. The van der Waals surface area contributed by atoms with Crippen LogP contribution in [0.5, 0.6) is 11.5 Å². The molecule has 0 aromatic heterocycles. The molecule has 0 spiro atoms. The van der Waals surface area contributed by atoms with Gasteiger partial charge in [-0.1, -0.05) is 23.8 Å². The molecule has 2 aromatic carbocycles. The molecule has 0 fully saturated rings. The number of amides is 1. The highest BCUT2D eigenvalue weighted by molar-refractivity contribution is 6.04. The van der Waals surface area contributed by atoms with Gasteiger partial charge in [0.2, 0.25) is 6.79 Å². The second-order valence-electron chi connectivity index (χ2n) is 6.31. The van der Waals surface area contributed by atoms with Gasteiger partial charge in [-0.25, -0.2) is 5.32 Å². The van der Waals surface area contributed by atoms with Crippen LogP contribution in [0.3, 0.4) is 0 Å². The van der Waals surface area contributed by atoms with E-state index in [1.54, 1.807) is 4.90 Å². The van der Waals surface area contributed by atoms with Crippen LogP contribution >= 0.6 is 0 Å².